The molecule has 192 valence electrons. The van der Waals surface area contributed by atoms with E-state index in [1.807, 2.05) is 59.4 Å². The molecule has 2 atom stereocenters. The minimum atomic E-state index is -0.606. The van der Waals surface area contributed by atoms with Crippen LogP contribution in [0.15, 0.2) is 88.4 Å². The number of hydrogen-bond acceptors (Lipinski definition) is 3. The summed E-state index contributed by atoms with van der Waals surface area (Å²) in [5.74, 6) is -0.404. The SMILES string of the molecule is C[C@H]1O[C@H](c2cn(-c3ccc(Br)cc3)cc2-c2ccc(F)cc2)N(CCc2ccc3[nH]c(=O)[nH]c3c2)C1=O. The predicted octanol–water partition coefficient (Wildman–Crippen LogP) is 5.70. The van der Waals surface area contributed by atoms with E-state index in [9.17, 15) is 14.0 Å². The van der Waals surface area contributed by atoms with Gasteiger partial charge in [0, 0.05) is 40.2 Å². The lowest BCUT2D eigenvalue weighted by Gasteiger charge is -2.24. The molecular formula is C29H24BrFN4O3. The first kappa shape index (κ1) is 24.4. The molecule has 1 saturated heterocycles. The molecule has 2 N–H and O–H groups in total. The second-order valence-corrected chi connectivity index (χ2v) is 10.3. The van der Waals surface area contributed by atoms with Gasteiger partial charge in [-0.25, -0.2) is 9.18 Å². The van der Waals surface area contributed by atoms with Crippen molar-refractivity contribution in [3.05, 3.63) is 111 Å². The molecule has 1 fully saturated rings. The molecule has 0 unspecified atom stereocenters. The number of carbonyl (C=O) groups excluding carboxylic acids is 1. The number of hydrogen-bond donors (Lipinski definition) is 2. The highest BCUT2D eigenvalue weighted by atomic mass is 79.9. The molecule has 3 heterocycles. The number of aromatic amines is 2. The summed E-state index contributed by atoms with van der Waals surface area (Å²) in [6.45, 7) is 2.19. The topological polar surface area (TPSA) is 83.1 Å². The molecule has 0 spiro atoms. The van der Waals surface area contributed by atoms with E-state index in [1.165, 1.54) is 12.1 Å². The number of nitrogens with one attached hydrogen (secondary N) is 2. The van der Waals surface area contributed by atoms with Crippen LogP contribution in [0.4, 0.5) is 4.39 Å². The largest absolute Gasteiger partial charge is 0.341 e. The summed E-state index contributed by atoms with van der Waals surface area (Å²) >= 11 is 3.48. The second kappa shape index (κ2) is 9.74. The van der Waals surface area contributed by atoms with Crippen molar-refractivity contribution in [2.45, 2.75) is 25.7 Å². The van der Waals surface area contributed by atoms with Gasteiger partial charge in [0.1, 0.15) is 11.9 Å². The van der Waals surface area contributed by atoms with Crippen LogP contribution in [0.25, 0.3) is 27.8 Å². The van der Waals surface area contributed by atoms with Crippen LogP contribution in [0.5, 0.6) is 0 Å². The number of nitrogens with zero attached hydrogens (tertiary/aromatic N) is 2. The maximum Gasteiger partial charge on any atom is 0.323 e. The van der Waals surface area contributed by atoms with Crippen molar-refractivity contribution in [3.63, 3.8) is 0 Å². The van der Waals surface area contributed by atoms with E-state index in [0.29, 0.717) is 13.0 Å². The van der Waals surface area contributed by atoms with Gasteiger partial charge in [0.25, 0.3) is 5.91 Å². The van der Waals surface area contributed by atoms with Crippen molar-refractivity contribution < 1.29 is 13.9 Å². The van der Waals surface area contributed by atoms with Crippen molar-refractivity contribution in [1.29, 1.82) is 0 Å². The van der Waals surface area contributed by atoms with Crippen LogP contribution in [-0.4, -0.2) is 38.0 Å². The summed E-state index contributed by atoms with van der Waals surface area (Å²) in [5.41, 5.74) is 5.66. The molecule has 3 aromatic carbocycles. The molecule has 2 aromatic heterocycles. The van der Waals surface area contributed by atoms with Crippen molar-refractivity contribution in [2.75, 3.05) is 6.54 Å². The molecule has 1 aliphatic heterocycles. The minimum absolute atomic E-state index is 0.0902. The number of aromatic nitrogens is 3. The van der Waals surface area contributed by atoms with Gasteiger partial charge in [-0.15, -0.1) is 0 Å². The monoisotopic (exact) mass is 574 g/mol. The normalized spacial score (nSPS) is 17.6. The summed E-state index contributed by atoms with van der Waals surface area (Å²) in [6.07, 6.45) is 3.34. The first-order valence-electron chi connectivity index (χ1n) is 12.3. The molecule has 38 heavy (non-hydrogen) atoms. The quantitative estimate of drug-likeness (QED) is 0.273. The number of imidazole rings is 1. The Hall–Kier alpha value is -3.95. The molecule has 1 amide bonds. The first-order valence-corrected chi connectivity index (χ1v) is 13.1. The number of amides is 1. The zero-order chi connectivity index (χ0) is 26.4. The van der Waals surface area contributed by atoms with E-state index in [-0.39, 0.29) is 17.4 Å². The van der Waals surface area contributed by atoms with Gasteiger partial charge in [0.15, 0.2) is 6.23 Å². The Bertz CT molecular complexity index is 1690. The van der Waals surface area contributed by atoms with Crippen molar-refractivity contribution in [1.82, 2.24) is 19.4 Å². The third-order valence-corrected chi connectivity index (χ3v) is 7.40. The standard InChI is InChI=1S/C29H24BrFN4O3/c1-17-27(36)35(13-12-18-2-11-25-26(14-18)33-29(37)32-25)28(38-17)24-16-34(22-9-5-20(30)6-10-22)15-23(24)19-3-7-21(31)8-4-19/h2-11,14-17,28H,12-13H2,1H3,(H2,32,33,37)/t17-,28-/m1/s1. The number of benzene rings is 3. The number of rotatable bonds is 6. The molecule has 9 heteroatoms. The van der Waals surface area contributed by atoms with E-state index < -0.39 is 12.3 Å². The van der Waals surface area contributed by atoms with Gasteiger partial charge in [0.05, 0.1) is 11.0 Å². The number of fused-ring (bicyclic) bond motifs is 1. The van der Waals surface area contributed by atoms with Crippen LogP contribution < -0.4 is 5.69 Å². The molecule has 1 aliphatic rings. The Morgan fingerprint density at radius 2 is 1.68 bits per heavy atom. The van der Waals surface area contributed by atoms with Crippen LogP contribution in [0.3, 0.4) is 0 Å². The number of ether oxygens (including phenoxy) is 1. The fourth-order valence-electron chi connectivity index (χ4n) is 4.93. The van der Waals surface area contributed by atoms with Crippen LogP contribution in [0.2, 0.25) is 0 Å². The lowest BCUT2D eigenvalue weighted by molar-refractivity contribution is -0.130. The van der Waals surface area contributed by atoms with Gasteiger partial charge in [-0.3, -0.25) is 4.79 Å². The maximum absolute atomic E-state index is 13.7. The van der Waals surface area contributed by atoms with Gasteiger partial charge in [-0.05, 0) is 73.0 Å². The minimum Gasteiger partial charge on any atom is -0.341 e. The van der Waals surface area contributed by atoms with Gasteiger partial charge >= 0.3 is 5.69 Å². The summed E-state index contributed by atoms with van der Waals surface area (Å²) in [4.78, 5) is 32.1. The van der Waals surface area contributed by atoms with E-state index >= 15 is 0 Å². The molecule has 7 nitrogen and oxygen atoms in total. The molecule has 0 saturated carbocycles. The number of H-pyrrole nitrogens is 2. The highest BCUT2D eigenvalue weighted by Crippen LogP contribution is 2.39. The van der Waals surface area contributed by atoms with Crippen LogP contribution in [0.1, 0.15) is 24.3 Å². The Labute approximate surface area is 226 Å². The van der Waals surface area contributed by atoms with Crippen molar-refractivity contribution >= 4 is 32.9 Å². The molecular weight excluding hydrogens is 551 g/mol. The van der Waals surface area contributed by atoms with E-state index in [4.69, 9.17) is 4.74 Å². The van der Waals surface area contributed by atoms with Gasteiger partial charge in [-0.2, -0.15) is 0 Å². The highest BCUT2D eigenvalue weighted by molar-refractivity contribution is 9.10. The molecule has 6 rings (SSSR count). The number of carbonyl (C=O) groups is 1. The van der Waals surface area contributed by atoms with Crippen LogP contribution >= 0.6 is 15.9 Å². The summed E-state index contributed by atoms with van der Waals surface area (Å²) < 4.78 is 22.9. The average Bonchev–Trinajstić information content (AvgIpc) is 3.58. The lowest BCUT2D eigenvalue weighted by atomic mass is 10.0. The fraction of sp³-hybridized carbons (Fsp3) is 0.172. The lowest BCUT2D eigenvalue weighted by Crippen LogP contribution is -2.32. The van der Waals surface area contributed by atoms with Crippen molar-refractivity contribution in [2.24, 2.45) is 0 Å². The van der Waals surface area contributed by atoms with Gasteiger partial charge < -0.3 is 24.2 Å². The molecule has 0 bridgehead atoms. The summed E-state index contributed by atoms with van der Waals surface area (Å²) in [7, 11) is 0. The van der Waals surface area contributed by atoms with Gasteiger partial charge in [0.2, 0.25) is 0 Å². The Morgan fingerprint density at radius 3 is 2.45 bits per heavy atom. The fourth-order valence-corrected chi connectivity index (χ4v) is 5.19. The molecule has 5 aromatic rings. The summed E-state index contributed by atoms with van der Waals surface area (Å²) in [6, 6.07) is 20.0. The highest BCUT2D eigenvalue weighted by Gasteiger charge is 2.40. The van der Waals surface area contributed by atoms with Gasteiger partial charge in [-0.1, -0.05) is 34.1 Å². The Kier molecular flexibility index (Phi) is 6.25. The van der Waals surface area contributed by atoms with Crippen LogP contribution in [0, 0.1) is 5.82 Å². The van der Waals surface area contributed by atoms with Crippen molar-refractivity contribution in [3.8, 4) is 16.8 Å². The third-order valence-electron chi connectivity index (χ3n) is 6.87. The number of halogens is 2. The van der Waals surface area contributed by atoms with E-state index in [0.717, 1.165) is 43.4 Å². The summed E-state index contributed by atoms with van der Waals surface area (Å²) in [5, 5.41) is 0. The third kappa shape index (κ3) is 4.59. The first-order chi connectivity index (χ1) is 18.4. The zero-order valence-electron chi connectivity index (χ0n) is 20.4. The predicted molar refractivity (Wildman–Crippen MR) is 146 cm³/mol. The maximum atomic E-state index is 13.7. The molecule has 0 aliphatic carbocycles. The average molecular weight is 575 g/mol. The van der Waals surface area contributed by atoms with E-state index in [2.05, 4.69) is 25.9 Å². The van der Waals surface area contributed by atoms with E-state index in [1.54, 1.807) is 24.0 Å². The zero-order valence-corrected chi connectivity index (χ0v) is 22.0. The Morgan fingerprint density at radius 1 is 0.947 bits per heavy atom. The van der Waals surface area contributed by atoms with Crippen LogP contribution in [-0.2, 0) is 16.0 Å². The Balaban J connectivity index is 1.36. The second-order valence-electron chi connectivity index (χ2n) is 9.39. The molecule has 0 radical (unpaired) electrons. The smallest absolute Gasteiger partial charge is 0.323 e.